The molecule has 0 aromatic carbocycles. The van der Waals surface area contributed by atoms with E-state index in [2.05, 4.69) is 18.9 Å². The zero-order valence-corrected chi connectivity index (χ0v) is 14.6. The third-order valence-electron chi connectivity index (χ3n) is 3.96. The van der Waals surface area contributed by atoms with Gasteiger partial charge in [0.25, 0.3) is 0 Å². The van der Waals surface area contributed by atoms with Crippen LogP contribution in [-0.4, -0.2) is 10.5 Å². The molecule has 0 aliphatic carbocycles. The SMILES string of the molecule is CCCCCCCCCCCCCCCCCC.OOO. The topological polar surface area (TPSA) is 49.7 Å². The van der Waals surface area contributed by atoms with E-state index in [9.17, 15) is 0 Å². The Morgan fingerprint density at radius 1 is 0.429 bits per heavy atom. The summed E-state index contributed by atoms with van der Waals surface area (Å²) in [6, 6.07) is 0. The standard InChI is InChI=1S/C18H38.H2O3/c1-3-5-7-9-11-13-15-17-18-16-14-12-10-8-6-4-2;1-3-2/h3-18H2,1-2H3;1-2H. The van der Waals surface area contributed by atoms with Crippen molar-refractivity contribution in [3.63, 3.8) is 0 Å². The fraction of sp³-hybridized carbons (Fsp3) is 1.00. The zero-order chi connectivity index (χ0) is 16.0. The van der Waals surface area contributed by atoms with Gasteiger partial charge >= 0.3 is 0 Å². The predicted molar refractivity (Wildman–Crippen MR) is 91.6 cm³/mol. The van der Waals surface area contributed by atoms with Gasteiger partial charge in [-0.2, -0.15) is 0 Å². The highest BCUT2D eigenvalue weighted by molar-refractivity contribution is 4.49. The Hall–Kier alpha value is -0.120. The van der Waals surface area contributed by atoms with E-state index in [1.807, 2.05) is 0 Å². The Bertz CT molecular complexity index is 135. The minimum absolute atomic E-state index is 1.37. The van der Waals surface area contributed by atoms with Gasteiger partial charge in [-0.25, -0.2) is 10.5 Å². The van der Waals surface area contributed by atoms with Crippen molar-refractivity contribution in [1.82, 2.24) is 0 Å². The Balaban J connectivity index is 0. The lowest BCUT2D eigenvalue weighted by atomic mass is 10.0. The van der Waals surface area contributed by atoms with Crippen molar-refractivity contribution in [2.24, 2.45) is 0 Å². The summed E-state index contributed by atoms with van der Waals surface area (Å²) in [4.78, 5) is 0. The van der Waals surface area contributed by atoms with Crippen molar-refractivity contribution in [3.8, 4) is 0 Å². The summed E-state index contributed by atoms with van der Waals surface area (Å²) < 4.78 is 0. The first-order valence-corrected chi connectivity index (χ1v) is 9.28. The monoisotopic (exact) mass is 304 g/mol. The summed E-state index contributed by atoms with van der Waals surface area (Å²) in [5, 5.41) is 15.5. The van der Waals surface area contributed by atoms with Crippen LogP contribution in [-0.2, 0) is 5.04 Å². The zero-order valence-electron chi connectivity index (χ0n) is 14.6. The molecule has 0 aliphatic heterocycles. The summed E-state index contributed by atoms with van der Waals surface area (Å²) in [6.07, 6.45) is 23.4. The van der Waals surface area contributed by atoms with Crippen LogP contribution in [0.2, 0.25) is 0 Å². The summed E-state index contributed by atoms with van der Waals surface area (Å²) in [5.41, 5.74) is 0. The highest BCUT2D eigenvalue weighted by Gasteiger charge is 1.93. The molecule has 21 heavy (non-hydrogen) atoms. The van der Waals surface area contributed by atoms with Crippen LogP contribution in [0, 0.1) is 0 Å². The van der Waals surface area contributed by atoms with Crippen LogP contribution in [0.25, 0.3) is 0 Å². The molecule has 0 aromatic rings. The lowest BCUT2D eigenvalue weighted by Gasteiger charge is -2.03. The molecule has 0 aliphatic rings. The van der Waals surface area contributed by atoms with Crippen molar-refractivity contribution in [2.75, 3.05) is 0 Å². The molecule has 0 fully saturated rings. The van der Waals surface area contributed by atoms with Crippen LogP contribution in [0.5, 0.6) is 0 Å². The molecule has 0 rings (SSSR count). The van der Waals surface area contributed by atoms with E-state index < -0.39 is 0 Å². The molecule has 3 heteroatoms. The number of hydrogen-bond donors (Lipinski definition) is 2. The van der Waals surface area contributed by atoms with Crippen molar-refractivity contribution in [3.05, 3.63) is 0 Å². The molecule has 0 amide bonds. The highest BCUT2D eigenvalue weighted by Crippen LogP contribution is 2.13. The summed E-state index contributed by atoms with van der Waals surface area (Å²) in [6.45, 7) is 4.59. The fourth-order valence-electron chi connectivity index (χ4n) is 2.62. The van der Waals surface area contributed by atoms with Crippen LogP contribution in [0.1, 0.15) is 117 Å². The van der Waals surface area contributed by atoms with E-state index in [1.165, 1.54) is 103 Å². The molecule has 2 N–H and O–H groups in total. The molecule has 0 atom stereocenters. The van der Waals surface area contributed by atoms with Crippen LogP contribution in [0.3, 0.4) is 0 Å². The lowest BCUT2D eigenvalue weighted by Crippen LogP contribution is -1.83. The van der Waals surface area contributed by atoms with E-state index in [4.69, 9.17) is 10.5 Å². The normalized spacial score (nSPS) is 10.3. The average molecular weight is 305 g/mol. The van der Waals surface area contributed by atoms with Gasteiger partial charge in [-0.1, -0.05) is 122 Å². The summed E-state index contributed by atoms with van der Waals surface area (Å²) >= 11 is 0. The maximum absolute atomic E-state index is 6.62. The van der Waals surface area contributed by atoms with Crippen molar-refractivity contribution in [1.29, 1.82) is 0 Å². The van der Waals surface area contributed by atoms with Gasteiger partial charge in [0.05, 0.1) is 0 Å². The number of rotatable bonds is 15. The first-order valence-electron chi connectivity index (χ1n) is 9.28. The molecule has 0 unspecified atom stereocenters. The molecule has 0 bridgehead atoms. The van der Waals surface area contributed by atoms with Gasteiger partial charge in [0.2, 0.25) is 0 Å². The van der Waals surface area contributed by atoms with E-state index in [1.54, 1.807) is 0 Å². The quantitative estimate of drug-likeness (QED) is 0.191. The Labute approximate surface area is 133 Å². The van der Waals surface area contributed by atoms with Gasteiger partial charge in [0.1, 0.15) is 0 Å². The van der Waals surface area contributed by atoms with E-state index >= 15 is 0 Å². The maximum atomic E-state index is 6.62. The smallest absolute Gasteiger partial charge is 0.0533 e. The van der Waals surface area contributed by atoms with Crippen molar-refractivity contribution >= 4 is 0 Å². The van der Waals surface area contributed by atoms with Gasteiger partial charge < -0.3 is 0 Å². The molecule has 0 spiro atoms. The largest absolute Gasteiger partial charge is 0.221 e. The lowest BCUT2D eigenvalue weighted by molar-refractivity contribution is -0.465. The van der Waals surface area contributed by atoms with Gasteiger partial charge in [-0.3, -0.25) is 0 Å². The van der Waals surface area contributed by atoms with Crippen molar-refractivity contribution < 1.29 is 15.6 Å². The molecular weight excluding hydrogens is 264 g/mol. The third-order valence-corrected chi connectivity index (χ3v) is 3.96. The van der Waals surface area contributed by atoms with E-state index in [0.717, 1.165) is 0 Å². The van der Waals surface area contributed by atoms with Gasteiger partial charge in [-0.05, 0) is 0 Å². The number of unbranched alkanes of at least 4 members (excludes halogenated alkanes) is 15. The molecule has 3 nitrogen and oxygen atoms in total. The predicted octanol–water partition coefficient (Wildman–Crippen LogP) is 7.22. The maximum Gasteiger partial charge on any atom is -0.0533 e. The Morgan fingerprint density at radius 2 is 0.571 bits per heavy atom. The minimum atomic E-state index is 1.37. The summed E-state index contributed by atoms with van der Waals surface area (Å²) in [7, 11) is 0. The second kappa shape index (κ2) is 24.9. The summed E-state index contributed by atoms with van der Waals surface area (Å²) in [5.74, 6) is 0. The molecular formula is C18H40O3. The molecule has 130 valence electrons. The molecule has 0 saturated heterocycles. The molecule has 0 aromatic heterocycles. The second-order valence-electron chi connectivity index (χ2n) is 6.03. The molecule has 0 radical (unpaired) electrons. The first-order chi connectivity index (χ1) is 10.3. The van der Waals surface area contributed by atoms with Crippen LogP contribution >= 0.6 is 0 Å². The molecule has 0 heterocycles. The third kappa shape index (κ3) is 28.7. The van der Waals surface area contributed by atoms with Crippen molar-refractivity contribution in [2.45, 2.75) is 117 Å². The minimum Gasteiger partial charge on any atom is -0.221 e. The van der Waals surface area contributed by atoms with Crippen LogP contribution in [0.15, 0.2) is 0 Å². The Morgan fingerprint density at radius 3 is 0.714 bits per heavy atom. The van der Waals surface area contributed by atoms with E-state index in [-0.39, 0.29) is 0 Å². The van der Waals surface area contributed by atoms with Crippen LogP contribution in [0.4, 0.5) is 0 Å². The Kier molecular flexibility index (Phi) is 27.4. The first kappa shape index (κ1) is 23.2. The average Bonchev–Trinajstić information content (AvgIpc) is 2.48. The highest BCUT2D eigenvalue weighted by atomic mass is 17.4. The van der Waals surface area contributed by atoms with Gasteiger partial charge in [-0.15, -0.1) is 0 Å². The van der Waals surface area contributed by atoms with Gasteiger partial charge in [0, 0.05) is 0 Å². The fourth-order valence-corrected chi connectivity index (χ4v) is 2.62. The van der Waals surface area contributed by atoms with Gasteiger partial charge in [0.15, 0.2) is 0 Å². The van der Waals surface area contributed by atoms with Crippen LogP contribution < -0.4 is 0 Å². The number of hydrogen-bond acceptors (Lipinski definition) is 3. The van der Waals surface area contributed by atoms with E-state index in [0.29, 0.717) is 0 Å². The second-order valence-corrected chi connectivity index (χ2v) is 6.03. The molecule has 0 saturated carbocycles.